The van der Waals surface area contributed by atoms with Crippen LogP contribution >= 0.6 is 0 Å². The molecule has 3 heteroatoms. The van der Waals surface area contributed by atoms with Crippen LogP contribution in [0.4, 0.5) is 0 Å². The van der Waals surface area contributed by atoms with Crippen LogP contribution in [0.3, 0.4) is 0 Å². The standard InChI is InChI=1S/C11H23N3/c1-2-5-12-6-3-4-9-14-10-7-13-8-11-14/h2,12-13H,1,3-11H2. The van der Waals surface area contributed by atoms with Crippen LogP contribution in [0.1, 0.15) is 12.8 Å². The highest BCUT2D eigenvalue weighted by atomic mass is 15.2. The van der Waals surface area contributed by atoms with E-state index in [1.165, 1.54) is 32.5 Å². The number of nitrogens with one attached hydrogen (secondary N) is 2. The summed E-state index contributed by atoms with van der Waals surface area (Å²) in [5.41, 5.74) is 0. The normalized spacial score (nSPS) is 18.3. The van der Waals surface area contributed by atoms with Gasteiger partial charge in [0.15, 0.2) is 0 Å². The van der Waals surface area contributed by atoms with Gasteiger partial charge in [0.2, 0.25) is 0 Å². The summed E-state index contributed by atoms with van der Waals surface area (Å²) >= 11 is 0. The second-order valence-corrected chi connectivity index (χ2v) is 3.79. The molecule has 0 radical (unpaired) electrons. The molecule has 0 bridgehead atoms. The quantitative estimate of drug-likeness (QED) is 0.458. The van der Waals surface area contributed by atoms with Crippen molar-refractivity contribution in [2.75, 3.05) is 45.8 Å². The minimum Gasteiger partial charge on any atom is -0.314 e. The lowest BCUT2D eigenvalue weighted by Crippen LogP contribution is -2.43. The third-order valence-electron chi connectivity index (χ3n) is 2.58. The molecule has 1 rings (SSSR count). The molecule has 0 atom stereocenters. The molecule has 82 valence electrons. The lowest BCUT2D eigenvalue weighted by molar-refractivity contribution is 0.236. The van der Waals surface area contributed by atoms with Crippen molar-refractivity contribution in [2.45, 2.75) is 12.8 Å². The summed E-state index contributed by atoms with van der Waals surface area (Å²) in [5.74, 6) is 0. The number of rotatable bonds is 7. The van der Waals surface area contributed by atoms with Gasteiger partial charge in [-0.25, -0.2) is 0 Å². The molecule has 1 saturated heterocycles. The van der Waals surface area contributed by atoms with Gasteiger partial charge in [-0.1, -0.05) is 6.08 Å². The van der Waals surface area contributed by atoms with Crippen LogP contribution in [-0.4, -0.2) is 50.7 Å². The third-order valence-corrected chi connectivity index (χ3v) is 2.58. The van der Waals surface area contributed by atoms with E-state index in [0.717, 1.165) is 26.2 Å². The average Bonchev–Trinajstić information content (AvgIpc) is 2.25. The van der Waals surface area contributed by atoms with Gasteiger partial charge in [-0.3, -0.25) is 0 Å². The molecule has 1 aliphatic rings. The Morgan fingerprint density at radius 3 is 2.79 bits per heavy atom. The number of piperazine rings is 1. The highest BCUT2D eigenvalue weighted by Crippen LogP contribution is 1.96. The summed E-state index contributed by atoms with van der Waals surface area (Å²) in [6.07, 6.45) is 4.50. The lowest BCUT2D eigenvalue weighted by atomic mass is 10.2. The van der Waals surface area contributed by atoms with Crippen LogP contribution in [0.2, 0.25) is 0 Å². The molecule has 1 aliphatic heterocycles. The fourth-order valence-electron chi connectivity index (χ4n) is 1.72. The Balaban J connectivity index is 1.85. The van der Waals surface area contributed by atoms with Crippen molar-refractivity contribution in [3.05, 3.63) is 12.7 Å². The first kappa shape index (κ1) is 11.7. The van der Waals surface area contributed by atoms with Crippen LogP contribution in [0.5, 0.6) is 0 Å². The van der Waals surface area contributed by atoms with Gasteiger partial charge < -0.3 is 15.5 Å². The number of unbranched alkanes of at least 4 members (excludes halogenated alkanes) is 1. The Labute approximate surface area is 87.6 Å². The average molecular weight is 197 g/mol. The van der Waals surface area contributed by atoms with E-state index in [1.54, 1.807) is 0 Å². The van der Waals surface area contributed by atoms with Gasteiger partial charge in [-0.2, -0.15) is 0 Å². The van der Waals surface area contributed by atoms with E-state index in [1.807, 2.05) is 6.08 Å². The van der Waals surface area contributed by atoms with E-state index in [0.29, 0.717) is 0 Å². The maximum absolute atomic E-state index is 3.67. The lowest BCUT2D eigenvalue weighted by Gasteiger charge is -2.27. The molecule has 0 aromatic heterocycles. The third kappa shape index (κ3) is 5.37. The molecule has 0 aliphatic carbocycles. The van der Waals surface area contributed by atoms with Crippen molar-refractivity contribution < 1.29 is 0 Å². The molecular weight excluding hydrogens is 174 g/mol. The Bertz CT molecular complexity index is 141. The highest BCUT2D eigenvalue weighted by molar-refractivity contribution is 4.70. The second kappa shape index (κ2) is 7.97. The van der Waals surface area contributed by atoms with Crippen LogP contribution in [-0.2, 0) is 0 Å². The summed E-state index contributed by atoms with van der Waals surface area (Å²) in [4.78, 5) is 2.55. The van der Waals surface area contributed by atoms with Crippen molar-refractivity contribution in [3.63, 3.8) is 0 Å². The van der Waals surface area contributed by atoms with Crippen molar-refractivity contribution in [2.24, 2.45) is 0 Å². The zero-order chi connectivity index (χ0) is 10.1. The predicted octanol–water partition coefficient (Wildman–Crippen LogP) is 0.447. The fraction of sp³-hybridized carbons (Fsp3) is 0.818. The largest absolute Gasteiger partial charge is 0.314 e. The van der Waals surface area contributed by atoms with Crippen molar-refractivity contribution in [1.29, 1.82) is 0 Å². The number of nitrogens with zero attached hydrogens (tertiary/aromatic N) is 1. The molecule has 0 saturated carbocycles. The van der Waals surface area contributed by atoms with Gasteiger partial charge in [0.05, 0.1) is 0 Å². The van der Waals surface area contributed by atoms with E-state index in [9.17, 15) is 0 Å². The molecule has 1 fully saturated rings. The Kier molecular flexibility index (Phi) is 6.66. The van der Waals surface area contributed by atoms with Gasteiger partial charge in [0.1, 0.15) is 0 Å². The number of hydrogen-bond donors (Lipinski definition) is 2. The summed E-state index contributed by atoms with van der Waals surface area (Å²) < 4.78 is 0. The Hall–Kier alpha value is -0.380. The second-order valence-electron chi connectivity index (χ2n) is 3.79. The minimum absolute atomic E-state index is 0.938. The molecule has 0 aromatic carbocycles. The van der Waals surface area contributed by atoms with Crippen LogP contribution in [0, 0.1) is 0 Å². The van der Waals surface area contributed by atoms with Crippen molar-refractivity contribution in [3.8, 4) is 0 Å². The molecule has 0 spiro atoms. The Morgan fingerprint density at radius 1 is 1.29 bits per heavy atom. The molecule has 2 N–H and O–H groups in total. The first-order valence-electron chi connectivity index (χ1n) is 5.68. The SMILES string of the molecule is C=CCNCCCCN1CCNCC1. The fourth-order valence-corrected chi connectivity index (χ4v) is 1.72. The summed E-state index contributed by atoms with van der Waals surface area (Å²) in [6, 6.07) is 0. The van der Waals surface area contributed by atoms with Crippen LogP contribution in [0.25, 0.3) is 0 Å². The van der Waals surface area contributed by atoms with E-state index in [-0.39, 0.29) is 0 Å². The monoisotopic (exact) mass is 197 g/mol. The van der Waals surface area contributed by atoms with Gasteiger partial charge in [-0.15, -0.1) is 6.58 Å². The smallest absolute Gasteiger partial charge is 0.0132 e. The van der Waals surface area contributed by atoms with Crippen molar-refractivity contribution >= 4 is 0 Å². The van der Waals surface area contributed by atoms with Gasteiger partial charge >= 0.3 is 0 Å². The maximum atomic E-state index is 3.67. The molecule has 0 amide bonds. The van der Waals surface area contributed by atoms with Crippen LogP contribution in [0.15, 0.2) is 12.7 Å². The topological polar surface area (TPSA) is 27.3 Å². The summed E-state index contributed by atoms with van der Waals surface area (Å²) in [6.45, 7) is 11.8. The Morgan fingerprint density at radius 2 is 2.07 bits per heavy atom. The summed E-state index contributed by atoms with van der Waals surface area (Å²) in [5, 5.41) is 6.69. The number of hydrogen-bond acceptors (Lipinski definition) is 3. The zero-order valence-electron chi connectivity index (χ0n) is 9.10. The molecule has 3 nitrogen and oxygen atoms in total. The molecular formula is C11H23N3. The van der Waals surface area contributed by atoms with E-state index in [2.05, 4.69) is 22.1 Å². The molecule has 14 heavy (non-hydrogen) atoms. The van der Waals surface area contributed by atoms with E-state index >= 15 is 0 Å². The zero-order valence-corrected chi connectivity index (χ0v) is 9.10. The van der Waals surface area contributed by atoms with E-state index in [4.69, 9.17) is 0 Å². The first-order chi connectivity index (χ1) is 6.93. The van der Waals surface area contributed by atoms with Crippen LogP contribution < -0.4 is 10.6 Å². The van der Waals surface area contributed by atoms with Gasteiger partial charge in [0, 0.05) is 32.7 Å². The predicted molar refractivity (Wildman–Crippen MR) is 61.6 cm³/mol. The van der Waals surface area contributed by atoms with Gasteiger partial charge in [-0.05, 0) is 25.9 Å². The van der Waals surface area contributed by atoms with Gasteiger partial charge in [0.25, 0.3) is 0 Å². The van der Waals surface area contributed by atoms with E-state index < -0.39 is 0 Å². The highest BCUT2D eigenvalue weighted by Gasteiger charge is 2.07. The van der Waals surface area contributed by atoms with Crippen molar-refractivity contribution in [1.82, 2.24) is 15.5 Å². The molecule has 0 unspecified atom stereocenters. The minimum atomic E-state index is 0.938. The maximum Gasteiger partial charge on any atom is 0.0132 e. The first-order valence-corrected chi connectivity index (χ1v) is 5.68. The molecule has 0 aromatic rings. The summed E-state index contributed by atoms with van der Waals surface area (Å²) in [7, 11) is 0. The molecule has 1 heterocycles.